The second-order valence-corrected chi connectivity index (χ2v) is 4.47. The van der Waals surface area contributed by atoms with Gasteiger partial charge in [0.25, 0.3) is 5.91 Å². The Morgan fingerprint density at radius 3 is 2.76 bits per heavy atom. The van der Waals surface area contributed by atoms with Crippen LogP contribution < -0.4 is 10.5 Å². The van der Waals surface area contributed by atoms with E-state index < -0.39 is 0 Å². The highest BCUT2D eigenvalue weighted by Crippen LogP contribution is 2.24. The number of anilines is 1. The van der Waals surface area contributed by atoms with Gasteiger partial charge in [0.15, 0.2) is 6.61 Å². The van der Waals surface area contributed by atoms with Crippen molar-refractivity contribution in [3.8, 4) is 5.75 Å². The third-order valence-electron chi connectivity index (χ3n) is 2.79. The van der Waals surface area contributed by atoms with Crippen LogP contribution >= 0.6 is 11.6 Å². The monoisotopic (exact) mass is 254 g/mol. The fourth-order valence-corrected chi connectivity index (χ4v) is 1.97. The van der Waals surface area contributed by atoms with Crippen molar-refractivity contribution in [2.45, 2.75) is 12.8 Å². The second-order valence-electron chi connectivity index (χ2n) is 4.06. The molecular formula is C12H15ClN2O2. The van der Waals surface area contributed by atoms with Crippen molar-refractivity contribution >= 4 is 23.2 Å². The summed E-state index contributed by atoms with van der Waals surface area (Å²) in [5.74, 6) is 0.590. The molecule has 0 atom stereocenters. The van der Waals surface area contributed by atoms with Gasteiger partial charge in [-0.05, 0) is 25.0 Å². The summed E-state index contributed by atoms with van der Waals surface area (Å²) in [6.07, 6.45) is 2.17. The summed E-state index contributed by atoms with van der Waals surface area (Å²) in [4.78, 5) is 13.5. The van der Waals surface area contributed by atoms with Gasteiger partial charge >= 0.3 is 0 Å². The predicted octanol–water partition coefficient (Wildman–Crippen LogP) is 1.92. The first kappa shape index (κ1) is 12.0. The first-order valence-corrected chi connectivity index (χ1v) is 6.00. The molecule has 1 aromatic carbocycles. The summed E-state index contributed by atoms with van der Waals surface area (Å²) < 4.78 is 5.38. The third kappa shape index (κ3) is 3.03. The van der Waals surface area contributed by atoms with E-state index in [2.05, 4.69) is 0 Å². The fourth-order valence-electron chi connectivity index (χ4n) is 1.80. The maximum Gasteiger partial charge on any atom is 0.260 e. The maximum absolute atomic E-state index is 11.7. The molecule has 0 radical (unpaired) electrons. The van der Waals surface area contributed by atoms with E-state index in [4.69, 9.17) is 22.1 Å². The molecular weight excluding hydrogens is 240 g/mol. The molecule has 17 heavy (non-hydrogen) atoms. The van der Waals surface area contributed by atoms with Crippen LogP contribution in [0.1, 0.15) is 12.8 Å². The number of nitrogen functional groups attached to an aromatic ring is 1. The number of carbonyl (C=O) groups excluding carboxylic acids is 1. The van der Waals surface area contributed by atoms with E-state index in [1.54, 1.807) is 18.2 Å². The largest absolute Gasteiger partial charge is 0.484 e. The highest BCUT2D eigenvalue weighted by atomic mass is 35.5. The molecule has 1 fully saturated rings. The van der Waals surface area contributed by atoms with Crippen LogP contribution in [0.4, 0.5) is 5.69 Å². The number of halogens is 1. The topological polar surface area (TPSA) is 55.6 Å². The molecule has 5 heteroatoms. The molecule has 1 amide bonds. The van der Waals surface area contributed by atoms with Gasteiger partial charge in [0.2, 0.25) is 0 Å². The number of hydrogen-bond acceptors (Lipinski definition) is 3. The van der Waals surface area contributed by atoms with Crippen molar-refractivity contribution in [3.63, 3.8) is 0 Å². The normalized spacial score (nSPS) is 15.0. The first-order chi connectivity index (χ1) is 8.16. The highest BCUT2D eigenvalue weighted by molar-refractivity contribution is 6.33. The van der Waals surface area contributed by atoms with E-state index >= 15 is 0 Å². The van der Waals surface area contributed by atoms with Crippen molar-refractivity contribution < 1.29 is 9.53 Å². The molecule has 0 saturated carbocycles. The number of hydrogen-bond donors (Lipinski definition) is 1. The van der Waals surface area contributed by atoms with Crippen LogP contribution in [0.5, 0.6) is 5.75 Å². The van der Waals surface area contributed by atoms with Gasteiger partial charge in [-0.25, -0.2) is 0 Å². The fraction of sp³-hybridized carbons (Fsp3) is 0.417. The Hall–Kier alpha value is -1.42. The molecule has 1 aliphatic heterocycles. The summed E-state index contributed by atoms with van der Waals surface area (Å²) >= 11 is 5.86. The van der Waals surface area contributed by atoms with Crippen LogP contribution in [-0.4, -0.2) is 30.5 Å². The molecule has 4 nitrogen and oxygen atoms in total. The number of nitrogens with zero attached hydrogens (tertiary/aromatic N) is 1. The number of ether oxygens (including phenoxy) is 1. The molecule has 0 aromatic heterocycles. The van der Waals surface area contributed by atoms with E-state index in [1.165, 1.54) is 0 Å². The van der Waals surface area contributed by atoms with E-state index in [1.807, 2.05) is 4.90 Å². The molecule has 1 aliphatic rings. The number of likely N-dealkylation sites (tertiary alicyclic amines) is 1. The number of carbonyl (C=O) groups is 1. The van der Waals surface area contributed by atoms with Crippen LogP contribution in [-0.2, 0) is 4.79 Å². The van der Waals surface area contributed by atoms with Crippen molar-refractivity contribution in [2.24, 2.45) is 0 Å². The summed E-state index contributed by atoms with van der Waals surface area (Å²) in [6.45, 7) is 1.73. The van der Waals surface area contributed by atoms with Crippen molar-refractivity contribution in [3.05, 3.63) is 23.2 Å². The van der Waals surface area contributed by atoms with Gasteiger partial charge < -0.3 is 15.4 Å². The van der Waals surface area contributed by atoms with Crippen LogP contribution in [0.15, 0.2) is 18.2 Å². The van der Waals surface area contributed by atoms with Gasteiger partial charge in [0.1, 0.15) is 5.75 Å². The Labute approximate surface area is 105 Å². The van der Waals surface area contributed by atoms with E-state index in [-0.39, 0.29) is 12.5 Å². The molecule has 1 aromatic rings. The molecule has 92 valence electrons. The van der Waals surface area contributed by atoms with Crippen LogP contribution in [0.25, 0.3) is 0 Å². The lowest BCUT2D eigenvalue weighted by atomic mass is 10.3. The zero-order valence-electron chi connectivity index (χ0n) is 9.49. The van der Waals surface area contributed by atoms with E-state index in [0.717, 1.165) is 25.9 Å². The van der Waals surface area contributed by atoms with Crippen LogP contribution in [0, 0.1) is 0 Å². The number of nitrogens with two attached hydrogens (primary N) is 1. The Morgan fingerprint density at radius 1 is 1.41 bits per heavy atom. The van der Waals surface area contributed by atoms with Gasteiger partial charge in [-0.3, -0.25) is 4.79 Å². The summed E-state index contributed by atoms with van der Waals surface area (Å²) in [5, 5.41) is 0.441. The van der Waals surface area contributed by atoms with Gasteiger partial charge in [-0.1, -0.05) is 11.6 Å². The average molecular weight is 255 g/mol. The first-order valence-electron chi connectivity index (χ1n) is 5.62. The highest BCUT2D eigenvalue weighted by Gasteiger charge is 2.18. The Bertz CT molecular complexity index is 417. The smallest absolute Gasteiger partial charge is 0.260 e. The zero-order valence-corrected chi connectivity index (χ0v) is 10.2. The van der Waals surface area contributed by atoms with Crippen LogP contribution in [0.2, 0.25) is 5.02 Å². The molecule has 0 aliphatic carbocycles. The van der Waals surface area contributed by atoms with Crippen molar-refractivity contribution in [1.29, 1.82) is 0 Å². The van der Waals surface area contributed by atoms with Gasteiger partial charge in [0.05, 0.1) is 10.7 Å². The predicted molar refractivity (Wildman–Crippen MR) is 67.2 cm³/mol. The van der Waals surface area contributed by atoms with Crippen molar-refractivity contribution in [1.82, 2.24) is 4.90 Å². The standard InChI is InChI=1S/C12H15ClN2O2/c13-10-7-9(3-4-11(10)14)17-8-12(16)15-5-1-2-6-15/h3-4,7H,1-2,5-6,8,14H2. The second kappa shape index (κ2) is 5.27. The molecule has 2 N–H and O–H groups in total. The Morgan fingerprint density at radius 2 is 2.12 bits per heavy atom. The van der Waals surface area contributed by atoms with Gasteiger partial charge in [-0.15, -0.1) is 0 Å². The number of rotatable bonds is 3. The molecule has 0 unspecified atom stereocenters. The zero-order chi connectivity index (χ0) is 12.3. The van der Waals surface area contributed by atoms with E-state index in [0.29, 0.717) is 16.5 Å². The summed E-state index contributed by atoms with van der Waals surface area (Å²) in [5.41, 5.74) is 6.09. The number of amides is 1. The lowest BCUT2D eigenvalue weighted by molar-refractivity contribution is -0.132. The minimum Gasteiger partial charge on any atom is -0.484 e. The summed E-state index contributed by atoms with van der Waals surface area (Å²) in [7, 11) is 0. The average Bonchev–Trinajstić information content (AvgIpc) is 2.84. The molecule has 2 rings (SSSR count). The minimum absolute atomic E-state index is 0.0236. The summed E-state index contributed by atoms with van der Waals surface area (Å²) in [6, 6.07) is 4.99. The van der Waals surface area contributed by atoms with Crippen LogP contribution in [0.3, 0.4) is 0 Å². The Balaban J connectivity index is 1.88. The van der Waals surface area contributed by atoms with E-state index in [9.17, 15) is 4.79 Å². The lowest BCUT2D eigenvalue weighted by Gasteiger charge is -2.15. The maximum atomic E-state index is 11.7. The van der Waals surface area contributed by atoms with Gasteiger partial charge in [-0.2, -0.15) is 0 Å². The molecule has 1 heterocycles. The molecule has 0 bridgehead atoms. The third-order valence-corrected chi connectivity index (χ3v) is 3.12. The molecule has 0 spiro atoms. The SMILES string of the molecule is Nc1ccc(OCC(=O)N2CCCC2)cc1Cl. The van der Waals surface area contributed by atoms with Gasteiger partial charge in [0, 0.05) is 19.2 Å². The quantitative estimate of drug-likeness (QED) is 0.839. The lowest BCUT2D eigenvalue weighted by Crippen LogP contribution is -2.32. The Kier molecular flexibility index (Phi) is 3.74. The number of benzene rings is 1. The molecule has 1 saturated heterocycles. The van der Waals surface area contributed by atoms with Crippen molar-refractivity contribution in [2.75, 3.05) is 25.4 Å². The minimum atomic E-state index is 0.0236.